The Morgan fingerprint density at radius 2 is 2.19 bits per heavy atom. The van der Waals surface area contributed by atoms with Crippen molar-refractivity contribution in [3.63, 3.8) is 0 Å². The van der Waals surface area contributed by atoms with Crippen LogP contribution in [-0.4, -0.2) is 60.2 Å². The second kappa shape index (κ2) is 6.88. The predicted octanol–water partition coefficient (Wildman–Crippen LogP) is 0.491. The number of rotatable bonds is 7. The van der Waals surface area contributed by atoms with Gasteiger partial charge in [0, 0.05) is 33.9 Å². The van der Waals surface area contributed by atoms with Gasteiger partial charge in [0.25, 0.3) is 0 Å². The molecule has 92 valence electrons. The molecule has 0 spiro atoms. The van der Waals surface area contributed by atoms with Crippen molar-refractivity contribution in [2.24, 2.45) is 0 Å². The minimum Gasteiger partial charge on any atom is -0.360 e. The Balaban J connectivity index is 2.18. The van der Waals surface area contributed by atoms with Crippen molar-refractivity contribution in [2.75, 3.05) is 33.9 Å². The fraction of sp³-hybridized carbons (Fsp3) is 0.900. The molecule has 2 radical (unpaired) electrons. The Morgan fingerprint density at radius 1 is 1.50 bits per heavy atom. The van der Waals surface area contributed by atoms with Gasteiger partial charge in [0.2, 0.25) is 0 Å². The van der Waals surface area contributed by atoms with Crippen molar-refractivity contribution < 1.29 is 14.3 Å². The fourth-order valence-electron chi connectivity index (χ4n) is 1.62. The molecule has 1 fully saturated rings. The van der Waals surface area contributed by atoms with E-state index in [1.54, 1.807) is 14.2 Å². The highest BCUT2D eigenvalue weighted by molar-refractivity contribution is 6.38. The zero-order chi connectivity index (χ0) is 12.0. The molecule has 0 aromatic rings. The Labute approximate surface area is 99.3 Å². The molecule has 1 rings (SSSR count). The third-order valence-corrected chi connectivity index (χ3v) is 4.23. The fourth-order valence-corrected chi connectivity index (χ4v) is 2.65. The van der Waals surface area contributed by atoms with E-state index in [4.69, 9.17) is 9.47 Å². The SMILES string of the molecule is COC(OC)[Si]C(C)CCN1CCNC1=O. The number of methoxy groups -OCH3 is 2. The average Bonchev–Trinajstić information content (AvgIpc) is 2.69. The third kappa shape index (κ3) is 4.11. The van der Waals surface area contributed by atoms with Crippen LogP contribution in [0.15, 0.2) is 0 Å². The van der Waals surface area contributed by atoms with Crippen molar-refractivity contribution in [2.45, 2.75) is 24.8 Å². The van der Waals surface area contributed by atoms with E-state index in [9.17, 15) is 4.79 Å². The molecule has 1 saturated heterocycles. The summed E-state index contributed by atoms with van der Waals surface area (Å²) in [6.45, 7) is 4.58. The van der Waals surface area contributed by atoms with E-state index in [2.05, 4.69) is 12.2 Å². The average molecular weight is 244 g/mol. The summed E-state index contributed by atoms with van der Waals surface area (Å²) in [5, 5.41) is 2.80. The van der Waals surface area contributed by atoms with Crippen LogP contribution in [0.2, 0.25) is 5.54 Å². The Bertz CT molecular complexity index is 224. The van der Waals surface area contributed by atoms with Crippen LogP contribution < -0.4 is 5.32 Å². The highest BCUT2D eigenvalue weighted by atomic mass is 28.2. The van der Waals surface area contributed by atoms with Crippen LogP contribution in [0.5, 0.6) is 0 Å². The second-order valence-electron chi connectivity index (χ2n) is 3.88. The molecule has 1 unspecified atom stereocenters. The first-order valence-electron chi connectivity index (χ1n) is 5.51. The van der Waals surface area contributed by atoms with Crippen molar-refractivity contribution in [1.82, 2.24) is 10.2 Å². The topological polar surface area (TPSA) is 50.8 Å². The maximum atomic E-state index is 11.3. The normalized spacial score (nSPS) is 18.0. The van der Waals surface area contributed by atoms with Gasteiger partial charge in [0.05, 0.1) is 0 Å². The lowest BCUT2D eigenvalue weighted by atomic mass is 10.3. The zero-order valence-corrected chi connectivity index (χ0v) is 11.2. The Morgan fingerprint density at radius 3 is 2.69 bits per heavy atom. The van der Waals surface area contributed by atoms with Crippen LogP contribution in [0.3, 0.4) is 0 Å². The third-order valence-electron chi connectivity index (χ3n) is 2.63. The number of carbonyl (C=O) groups excluding carboxylic acids is 1. The van der Waals surface area contributed by atoms with E-state index >= 15 is 0 Å². The van der Waals surface area contributed by atoms with E-state index < -0.39 is 0 Å². The molecular weight excluding hydrogens is 224 g/mol. The van der Waals surface area contributed by atoms with Gasteiger partial charge in [-0.2, -0.15) is 0 Å². The smallest absolute Gasteiger partial charge is 0.317 e. The van der Waals surface area contributed by atoms with Crippen LogP contribution in [0.25, 0.3) is 0 Å². The Hall–Kier alpha value is -0.593. The van der Waals surface area contributed by atoms with Gasteiger partial charge in [-0.25, -0.2) is 4.79 Å². The van der Waals surface area contributed by atoms with Crippen LogP contribution in [0, 0.1) is 0 Å². The number of hydrogen-bond acceptors (Lipinski definition) is 3. The number of ether oxygens (including phenoxy) is 2. The van der Waals surface area contributed by atoms with E-state index in [1.165, 1.54) is 0 Å². The summed E-state index contributed by atoms with van der Waals surface area (Å²) in [4.78, 5) is 13.1. The van der Waals surface area contributed by atoms with Gasteiger partial charge in [-0.15, -0.1) is 0 Å². The largest absolute Gasteiger partial charge is 0.360 e. The van der Waals surface area contributed by atoms with Gasteiger partial charge < -0.3 is 19.7 Å². The van der Waals surface area contributed by atoms with Crippen LogP contribution >= 0.6 is 0 Å². The predicted molar refractivity (Wildman–Crippen MR) is 62.6 cm³/mol. The summed E-state index contributed by atoms with van der Waals surface area (Å²) in [5.41, 5.74) is 0.512. The first-order chi connectivity index (χ1) is 7.67. The molecule has 0 saturated carbocycles. The van der Waals surface area contributed by atoms with Crippen molar-refractivity contribution in [3.8, 4) is 0 Å². The summed E-state index contributed by atoms with van der Waals surface area (Å²) < 4.78 is 10.3. The van der Waals surface area contributed by atoms with Gasteiger partial charge in [0.1, 0.15) is 15.4 Å². The molecule has 1 aliphatic heterocycles. The van der Waals surface area contributed by atoms with Gasteiger partial charge in [-0.05, 0) is 12.0 Å². The lowest BCUT2D eigenvalue weighted by Gasteiger charge is -2.20. The minimum atomic E-state index is -0.109. The van der Waals surface area contributed by atoms with Gasteiger partial charge in [-0.1, -0.05) is 6.92 Å². The first-order valence-corrected chi connectivity index (χ1v) is 6.67. The van der Waals surface area contributed by atoms with Crippen molar-refractivity contribution >= 4 is 15.6 Å². The molecule has 0 aliphatic carbocycles. The number of carbonyl (C=O) groups is 1. The maximum absolute atomic E-state index is 11.3. The monoisotopic (exact) mass is 244 g/mol. The molecular formula is C10H20N2O3Si. The molecule has 1 heterocycles. The van der Waals surface area contributed by atoms with Gasteiger partial charge in [-0.3, -0.25) is 0 Å². The highest BCUT2D eigenvalue weighted by Gasteiger charge is 2.20. The maximum Gasteiger partial charge on any atom is 0.317 e. The quantitative estimate of drug-likeness (QED) is 0.524. The number of nitrogens with zero attached hydrogens (tertiary/aromatic N) is 1. The molecule has 16 heavy (non-hydrogen) atoms. The molecule has 1 aliphatic rings. The number of nitrogens with one attached hydrogen (secondary N) is 1. The first kappa shape index (κ1) is 13.5. The van der Waals surface area contributed by atoms with E-state index in [0.717, 1.165) is 26.1 Å². The molecule has 5 nitrogen and oxygen atoms in total. The van der Waals surface area contributed by atoms with E-state index in [-0.39, 0.29) is 11.9 Å². The van der Waals surface area contributed by atoms with Crippen molar-refractivity contribution in [3.05, 3.63) is 0 Å². The molecule has 0 bridgehead atoms. The van der Waals surface area contributed by atoms with Crippen LogP contribution in [0.1, 0.15) is 13.3 Å². The molecule has 0 aromatic carbocycles. The van der Waals surface area contributed by atoms with Gasteiger partial charge >= 0.3 is 6.03 Å². The van der Waals surface area contributed by atoms with E-state index in [1.807, 2.05) is 4.90 Å². The summed E-state index contributed by atoms with van der Waals surface area (Å²) >= 11 is 0. The summed E-state index contributed by atoms with van der Waals surface area (Å²) in [7, 11) is 3.92. The van der Waals surface area contributed by atoms with Crippen LogP contribution in [0.4, 0.5) is 4.79 Å². The molecule has 1 N–H and O–H groups in total. The number of amides is 2. The summed E-state index contributed by atoms with van der Waals surface area (Å²) in [5.74, 6) is -0.109. The lowest BCUT2D eigenvalue weighted by Crippen LogP contribution is -2.31. The molecule has 6 heteroatoms. The summed E-state index contributed by atoms with van der Waals surface area (Å²) in [6, 6.07) is 0.0607. The van der Waals surface area contributed by atoms with E-state index in [0.29, 0.717) is 15.1 Å². The second-order valence-corrected chi connectivity index (χ2v) is 5.67. The molecule has 0 aromatic heterocycles. The standard InChI is InChI=1S/C10H20N2O3Si/c1-8(16-10(14-2)15-3)4-6-12-7-5-11-9(12)13/h8,10H,4-7H2,1-3H3,(H,11,13). The highest BCUT2D eigenvalue weighted by Crippen LogP contribution is 2.12. The van der Waals surface area contributed by atoms with Crippen LogP contribution in [-0.2, 0) is 9.47 Å². The zero-order valence-electron chi connectivity index (χ0n) is 10.2. The number of hydrogen-bond donors (Lipinski definition) is 1. The Kier molecular flexibility index (Phi) is 5.79. The molecule has 2 amide bonds. The lowest BCUT2D eigenvalue weighted by molar-refractivity contribution is -0.0448. The van der Waals surface area contributed by atoms with Crippen molar-refractivity contribution in [1.29, 1.82) is 0 Å². The molecule has 1 atom stereocenters. The summed E-state index contributed by atoms with van der Waals surface area (Å²) in [6.07, 6.45) is 0.995. The number of urea groups is 1. The van der Waals surface area contributed by atoms with Gasteiger partial charge in [0.15, 0.2) is 0 Å². The minimum absolute atomic E-state index is 0.0607.